The molecule has 4 nitrogen and oxygen atoms in total. The van der Waals surface area contributed by atoms with Crippen molar-refractivity contribution in [2.24, 2.45) is 11.8 Å². The van der Waals surface area contributed by atoms with E-state index in [1.165, 1.54) is 19.3 Å². The molecule has 4 heteroatoms. The predicted octanol–water partition coefficient (Wildman–Crippen LogP) is 0.781. The van der Waals surface area contributed by atoms with E-state index in [-0.39, 0.29) is 6.04 Å². The summed E-state index contributed by atoms with van der Waals surface area (Å²) in [6.45, 7) is 0. The zero-order valence-electron chi connectivity index (χ0n) is 7.48. The van der Waals surface area contributed by atoms with Gasteiger partial charge in [0.15, 0.2) is 0 Å². The number of hydrogen-bond donors (Lipinski definition) is 2. The fourth-order valence-electron chi connectivity index (χ4n) is 1.76. The number of nitrogens with one attached hydrogen (secondary N) is 1. The van der Waals surface area contributed by atoms with E-state index in [2.05, 4.69) is 15.6 Å². The summed E-state index contributed by atoms with van der Waals surface area (Å²) in [7, 11) is 0. The molecule has 1 aliphatic carbocycles. The van der Waals surface area contributed by atoms with Crippen LogP contribution in [0.25, 0.3) is 0 Å². The molecule has 0 aromatic carbocycles. The molecule has 0 aliphatic heterocycles. The van der Waals surface area contributed by atoms with Gasteiger partial charge < -0.3 is 0 Å². The van der Waals surface area contributed by atoms with Crippen molar-refractivity contribution < 1.29 is 0 Å². The van der Waals surface area contributed by atoms with Gasteiger partial charge in [0.25, 0.3) is 0 Å². The first-order valence-electron chi connectivity index (χ1n) is 4.64. The van der Waals surface area contributed by atoms with E-state index < -0.39 is 0 Å². The summed E-state index contributed by atoms with van der Waals surface area (Å²) in [5.41, 5.74) is 3.99. The summed E-state index contributed by atoms with van der Waals surface area (Å²) in [5.74, 6) is 6.19. The van der Waals surface area contributed by atoms with Crippen molar-refractivity contribution in [1.82, 2.24) is 15.6 Å². The molecule has 0 saturated heterocycles. The molecule has 0 bridgehead atoms. The molecule has 3 N–H and O–H groups in total. The highest BCUT2D eigenvalue weighted by molar-refractivity contribution is 5.13. The van der Waals surface area contributed by atoms with E-state index in [0.29, 0.717) is 5.92 Å². The third kappa shape index (κ3) is 1.68. The minimum absolute atomic E-state index is 0.254. The van der Waals surface area contributed by atoms with Crippen LogP contribution in [0.3, 0.4) is 0 Å². The third-order valence-corrected chi connectivity index (χ3v) is 2.77. The van der Waals surface area contributed by atoms with Crippen molar-refractivity contribution in [3.63, 3.8) is 0 Å². The fraction of sp³-hybridized carbons (Fsp3) is 0.556. The minimum atomic E-state index is 0.254. The first kappa shape index (κ1) is 8.59. The molecule has 1 fully saturated rings. The van der Waals surface area contributed by atoms with Crippen LogP contribution in [0.5, 0.6) is 0 Å². The lowest BCUT2D eigenvalue weighted by Gasteiger charge is -2.33. The molecule has 2 rings (SSSR count). The van der Waals surface area contributed by atoms with Gasteiger partial charge in [-0.3, -0.25) is 11.3 Å². The highest BCUT2D eigenvalue weighted by Crippen LogP contribution is 2.36. The Labute approximate surface area is 77.5 Å². The van der Waals surface area contributed by atoms with Crippen molar-refractivity contribution in [1.29, 1.82) is 0 Å². The first-order chi connectivity index (χ1) is 6.42. The fourth-order valence-corrected chi connectivity index (χ4v) is 1.76. The van der Waals surface area contributed by atoms with Crippen LogP contribution < -0.4 is 11.3 Å². The topological polar surface area (TPSA) is 63.8 Å². The van der Waals surface area contributed by atoms with Crippen molar-refractivity contribution >= 4 is 0 Å². The molecule has 1 aromatic heterocycles. The van der Waals surface area contributed by atoms with Gasteiger partial charge in [-0.1, -0.05) is 6.42 Å². The Balaban J connectivity index is 2.12. The van der Waals surface area contributed by atoms with E-state index in [4.69, 9.17) is 5.84 Å². The molecule has 1 aromatic rings. The highest BCUT2D eigenvalue weighted by Gasteiger charge is 2.27. The summed E-state index contributed by atoms with van der Waals surface area (Å²) in [6, 6.07) is 2.22. The van der Waals surface area contributed by atoms with Gasteiger partial charge in [0.2, 0.25) is 0 Å². The van der Waals surface area contributed by atoms with Gasteiger partial charge >= 0.3 is 0 Å². The maximum Gasteiger partial charge on any atom is 0.0544 e. The number of hydrogen-bond acceptors (Lipinski definition) is 4. The van der Waals surface area contributed by atoms with Crippen LogP contribution in [0.2, 0.25) is 0 Å². The Morgan fingerprint density at radius 3 is 2.77 bits per heavy atom. The van der Waals surface area contributed by atoms with E-state index in [9.17, 15) is 0 Å². The highest BCUT2D eigenvalue weighted by atomic mass is 15.2. The van der Waals surface area contributed by atoms with Crippen molar-refractivity contribution in [3.8, 4) is 0 Å². The summed E-state index contributed by atoms with van der Waals surface area (Å²) in [6.07, 6.45) is 7.33. The average Bonchev–Trinajstić information content (AvgIpc) is 2.12. The van der Waals surface area contributed by atoms with Gasteiger partial charge in [-0.25, -0.2) is 0 Å². The van der Waals surface area contributed by atoms with Crippen LogP contribution in [0.1, 0.15) is 30.9 Å². The second-order valence-corrected chi connectivity index (χ2v) is 3.51. The number of aromatic nitrogens is 2. The molecule has 70 valence electrons. The standard InChI is InChI=1S/C9H14N4/c10-13-9(7-2-1-3-7)8-4-5-11-12-6-8/h4-7,9,13H,1-3,10H2. The van der Waals surface area contributed by atoms with Crippen LogP contribution >= 0.6 is 0 Å². The molecule has 1 aliphatic rings. The Bertz CT molecular complexity index is 258. The van der Waals surface area contributed by atoms with Crippen LogP contribution in [-0.4, -0.2) is 10.2 Å². The maximum absolute atomic E-state index is 5.52. The first-order valence-corrected chi connectivity index (χ1v) is 4.64. The van der Waals surface area contributed by atoms with Gasteiger partial charge in [-0.2, -0.15) is 10.2 Å². The quantitative estimate of drug-likeness (QED) is 0.530. The summed E-state index contributed by atoms with van der Waals surface area (Å²) in [5, 5.41) is 7.60. The Morgan fingerprint density at radius 2 is 2.31 bits per heavy atom. The van der Waals surface area contributed by atoms with E-state index in [1.54, 1.807) is 12.4 Å². The van der Waals surface area contributed by atoms with Crippen LogP contribution in [0, 0.1) is 5.92 Å². The lowest BCUT2D eigenvalue weighted by atomic mass is 9.78. The second kappa shape index (κ2) is 3.81. The maximum atomic E-state index is 5.52. The number of nitrogens with zero attached hydrogens (tertiary/aromatic N) is 2. The van der Waals surface area contributed by atoms with E-state index in [1.807, 2.05) is 6.07 Å². The Kier molecular flexibility index (Phi) is 2.52. The monoisotopic (exact) mass is 178 g/mol. The number of hydrazine groups is 1. The molecule has 1 unspecified atom stereocenters. The average molecular weight is 178 g/mol. The normalized spacial score (nSPS) is 19.5. The van der Waals surface area contributed by atoms with Crippen LogP contribution in [0.15, 0.2) is 18.5 Å². The Morgan fingerprint density at radius 1 is 1.46 bits per heavy atom. The zero-order chi connectivity index (χ0) is 9.10. The van der Waals surface area contributed by atoms with Crippen molar-refractivity contribution in [2.45, 2.75) is 25.3 Å². The molecule has 1 heterocycles. The van der Waals surface area contributed by atoms with Gasteiger partial charge in [0, 0.05) is 6.20 Å². The van der Waals surface area contributed by atoms with Gasteiger partial charge in [0.1, 0.15) is 0 Å². The molecule has 1 atom stereocenters. The van der Waals surface area contributed by atoms with Crippen molar-refractivity contribution in [3.05, 3.63) is 24.0 Å². The van der Waals surface area contributed by atoms with Crippen LogP contribution in [-0.2, 0) is 0 Å². The van der Waals surface area contributed by atoms with Gasteiger partial charge in [-0.05, 0) is 30.4 Å². The third-order valence-electron chi connectivity index (χ3n) is 2.77. The molecule has 1 saturated carbocycles. The SMILES string of the molecule is NNC(c1ccnnc1)C1CCC1. The zero-order valence-corrected chi connectivity index (χ0v) is 7.48. The minimum Gasteiger partial charge on any atom is -0.271 e. The predicted molar refractivity (Wildman–Crippen MR) is 49.4 cm³/mol. The summed E-state index contributed by atoms with van der Waals surface area (Å²) in [4.78, 5) is 0. The lowest BCUT2D eigenvalue weighted by molar-refractivity contribution is 0.231. The molecule has 0 radical (unpaired) electrons. The van der Waals surface area contributed by atoms with Gasteiger partial charge in [-0.15, -0.1) is 0 Å². The molecule has 0 spiro atoms. The van der Waals surface area contributed by atoms with E-state index in [0.717, 1.165) is 5.56 Å². The Hall–Kier alpha value is -1.00. The summed E-state index contributed by atoms with van der Waals surface area (Å²) < 4.78 is 0. The molecular weight excluding hydrogens is 164 g/mol. The largest absolute Gasteiger partial charge is 0.271 e. The van der Waals surface area contributed by atoms with Crippen molar-refractivity contribution in [2.75, 3.05) is 0 Å². The lowest BCUT2D eigenvalue weighted by Crippen LogP contribution is -2.36. The number of nitrogens with two attached hydrogens (primary N) is 1. The second-order valence-electron chi connectivity index (χ2n) is 3.51. The van der Waals surface area contributed by atoms with Crippen LogP contribution in [0.4, 0.5) is 0 Å². The molecule has 13 heavy (non-hydrogen) atoms. The smallest absolute Gasteiger partial charge is 0.0544 e. The summed E-state index contributed by atoms with van der Waals surface area (Å²) >= 11 is 0. The van der Waals surface area contributed by atoms with Gasteiger partial charge in [0.05, 0.1) is 12.2 Å². The molecule has 0 amide bonds. The van der Waals surface area contributed by atoms with E-state index >= 15 is 0 Å². The molecular formula is C9H14N4. The number of rotatable bonds is 3.